The maximum absolute atomic E-state index is 2.36. The molecular formula is C22H25Cl3SiTi. The van der Waals surface area contributed by atoms with Crippen molar-refractivity contribution in [3.05, 3.63) is 80.9 Å². The van der Waals surface area contributed by atoms with Crippen LogP contribution in [0.5, 0.6) is 0 Å². The molecule has 0 fully saturated rings. The summed E-state index contributed by atoms with van der Waals surface area (Å²) in [5.41, 5.74) is 3.38. The summed E-state index contributed by atoms with van der Waals surface area (Å²) < 4.78 is 1.56. The van der Waals surface area contributed by atoms with E-state index in [2.05, 4.69) is 109 Å². The second kappa shape index (κ2) is 11.0. The van der Waals surface area contributed by atoms with E-state index in [0.717, 1.165) is 6.42 Å². The van der Waals surface area contributed by atoms with E-state index >= 15 is 0 Å². The molecule has 2 aromatic rings. The van der Waals surface area contributed by atoms with E-state index in [1.807, 2.05) is 0 Å². The van der Waals surface area contributed by atoms with Crippen molar-refractivity contribution >= 4 is 19.2 Å². The monoisotopic (exact) mass is 470 g/mol. The van der Waals surface area contributed by atoms with Crippen LogP contribution in [0.15, 0.2) is 80.9 Å². The Hall–Kier alpha value is -0.279. The molecule has 0 unspecified atom stereocenters. The van der Waals surface area contributed by atoms with E-state index in [1.165, 1.54) is 10.4 Å². The molecule has 0 N–H and O–H groups in total. The summed E-state index contributed by atoms with van der Waals surface area (Å²) in [6, 6.07) is 22.3. The Morgan fingerprint density at radius 1 is 0.778 bits per heavy atom. The Kier molecular flexibility index (Phi) is 10.9. The van der Waals surface area contributed by atoms with Crippen LogP contribution < -0.4 is 47.6 Å². The molecule has 27 heavy (non-hydrogen) atoms. The van der Waals surface area contributed by atoms with Crippen LogP contribution in [0, 0.1) is 5.41 Å². The van der Waals surface area contributed by atoms with Gasteiger partial charge in [-0.3, -0.25) is 0 Å². The predicted molar refractivity (Wildman–Crippen MR) is 103 cm³/mol. The Morgan fingerprint density at radius 3 is 1.52 bits per heavy atom. The van der Waals surface area contributed by atoms with Gasteiger partial charge in [0.25, 0.3) is 0 Å². The summed E-state index contributed by atoms with van der Waals surface area (Å²) in [7, 11) is -1.37. The van der Waals surface area contributed by atoms with Crippen molar-refractivity contribution in [2.75, 3.05) is 0 Å². The van der Waals surface area contributed by atoms with Crippen LogP contribution in [0.2, 0.25) is 0 Å². The minimum absolute atomic E-state index is 0. The van der Waals surface area contributed by atoms with Gasteiger partial charge in [-0.2, -0.15) is 0 Å². The Balaban J connectivity index is 0.00000225. The fourth-order valence-electron chi connectivity index (χ4n) is 3.98. The molecule has 0 amide bonds. The molecule has 2 aromatic carbocycles. The maximum Gasteiger partial charge on any atom is -1.00 e. The van der Waals surface area contributed by atoms with E-state index in [0.29, 0.717) is 0 Å². The molecule has 0 bridgehead atoms. The van der Waals surface area contributed by atoms with Crippen molar-refractivity contribution in [3.63, 3.8) is 0 Å². The van der Waals surface area contributed by atoms with E-state index in [1.54, 1.807) is 20.2 Å². The predicted octanol–water partition coefficient (Wildman–Crippen LogP) is -4.85. The first-order valence-electron chi connectivity index (χ1n) is 8.64. The third-order valence-electron chi connectivity index (χ3n) is 4.82. The van der Waals surface area contributed by atoms with Gasteiger partial charge in [-0.1, -0.05) is 0 Å². The molecule has 142 valence electrons. The minimum Gasteiger partial charge on any atom is -1.00 e. The molecule has 0 aliphatic heterocycles. The standard InChI is InChI=1S/C22H25Si.3ClH.Ti/c1-17-15-20(16-21(17)22(2,3)4)23(18-11-7-5-8-12-18)19-13-9-6-10-14-19;;;;/h5-14,23H,15H2,1-4H3;3*1H;/q;;;;+3/p-3. The topological polar surface area (TPSA) is 0 Å². The zero-order valence-corrected chi connectivity index (χ0v) is 21.2. The van der Waals surface area contributed by atoms with E-state index in [4.69, 9.17) is 0 Å². The summed E-state index contributed by atoms with van der Waals surface area (Å²) in [6.07, 6.45) is 1.15. The first kappa shape index (κ1) is 26.7. The van der Waals surface area contributed by atoms with E-state index in [-0.39, 0.29) is 42.6 Å². The average molecular weight is 472 g/mol. The quantitative estimate of drug-likeness (QED) is 0.394. The Labute approximate surface area is 196 Å². The molecule has 0 aromatic heterocycles. The summed E-state index contributed by atoms with van der Waals surface area (Å²) in [6.45, 7) is 9.37. The summed E-state index contributed by atoms with van der Waals surface area (Å²) in [5, 5.41) is 4.76. The van der Waals surface area contributed by atoms with Gasteiger partial charge in [-0.15, -0.1) is 0 Å². The van der Waals surface area contributed by atoms with Crippen LogP contribution >= 0.6 is 0 Å². The van der Waals surface area contributed by atoms with Crippen LogP contribution in [0.3, 0.4) is 0 Å². The van der Waals surface area contributed by atoms with Crippen molar-refractivity contribution in [2.24, 2.45) is 5.41 Å². The third kappa shape index (κ3) is 5.85. The summed E-state index contributed by atoms with van der Waals surface area (Å²) in [5.74, 6) is 0. The molecule has 0 heterocycles. The van der Waals surface area contributed by atoms with Gasteiger partial charge in [0.1, 0.15) is 0 Å². The molecule has 5 heteroatoms. The van der Waals surface area contributed by atoms with Gasteiger partial charge >= 0.3 is 160 Å². The largest absolute Gasteiger partial charge is 1.00 e. The number of rotatable bonds is 3. The molecule has 0 atom stereocenters. The molecule has 3 rings (SSSR count). The van der Waals surface area contributed by atoms with E-state index < -0.39 is 8.80 Å². The fourth-order valence-corrected chi connectivity index (χ4v) is 9.06. The van der Waals surface area contributed by atoms with E-state index in [9.17, 15) is 0 Å². The van der Waals surface area contributed by atoms with Crippen LogP contribution in [0.4, 0.5) is 0 Å². The number of hydrogen-bond donors (Lipinski definition) is 0. The van der Waals surface area contributed by atoms with Crippen LogP contribution in [0.25, 0.3) is 0 Å². The number of benzene rings is 2. The SMILES string of the molecule is CC1=C(C(C)(C)C)[C]([Ti+3])=C([SiH](c2ccccc2)c2ccccc2)C1.[Cl-].[Cl-].[Cl-]. The van der Waals surface area contributed by atoms with Gasteiger partial charge in [0, 0.05) is 0 Å². The van der Waals surface area contributed by atoms with Gasteiger partial charge in [-0.05, 0) is 0 Å². The first-order chi connectivity index (χ1) is 11.4. The van der Waals surface area contributed by atoms with Gasteiger partial charge in [-0.25, -0.2) is 0 Å². The van der Waals surface area contributed by atoms with Crippen molar-refractivity contribution < 1.29 is 57.7 Å². The van der Waals surface area contributed by atoms with Crippen LogP contribution in [-0.4, -0.2) is 8.80 Å². The van der Waals surface area contributed by atoms with Crippen LogP contribution in [0.1, 0.15) is 34.1 Å². The van der Waals surface area contributed by atoms with Crippen LogP contribution in [-0.2, 0) is 20.4 Å². The summed E-state index contributed by atoms with van der Waals surface area (Å²) >= 11 is 2.36. The second-order valence-corrected chi connectivity index (χ2v) is 11.4. The van der Waals surface area contributed by atoms with Crippen molar-refractivity contribution in [2.45, 2.75) is 34.1 Å². The first-order valence-corrected chi connectivity index (χ1v) is 11.2. The van der Waals surface area contributed by atoms with Crippen molar-refractivity contribution in [1.29, 1.82) is 0 Å². The molecule has 0 spiro atoms. The number of allylic oxidation sites excluding steroid dienone is 4. The molecule has 0 saturated heterocycles. The average Bonchev–Trinajstić information content (AvgIpc) is 2.84. The Bertz CT molecular complexity index is 754. The Morgan fingerprint density at radius 2 is 1.19 bits per heavy atom. The van der Waals surface area contributed by atoms with Gasteiger partial charge in [0.2, 0.25) is 0 Å². The van der Waals surface area contributed by atoms with Gasteiger partial charge < -0.3 is 37.2 Å². The maximum atomic E-state index is 2.36. The fraction of sp³-hybridized carbons (Fsp3) is 0.273. The second-order valence-electron chi connectivity index (χ2n) is 7.74. The van der Waals surface area contributed by atoms with Crippen molar-refractivity contribution in [1.82, 2.24) is 0 Å². The molecule has 0 radical (unpaired) electrons. The molecular weight excluding hydrogens is 447 g/mol. The molecule has 0 saturated carbocycles. The third-order valence-corrected chi connectivity index (χ3v) is 9.45. The molecule has 0 nitrogen and oxygen atoms in total. The summed E-state index contributed by atoms with van der Waals surface area (Å²) in [4.78, 5) is 0. The van der Waals surface area contributed by atoms with Gasteiger partial charge in [0.05, 0.1) is 0 Å². The van der Waals surface area contributed by atoms with Gasteiger partial charge in [0.15, 0.2) is 0 Å². The van der Waals surface area contributed by atoms with Crippen molar-refractivity contribution in [3.8, 4) is 0 Å². The number of halogens is 3. The number of hydrogen-bond acceptors (Lipinski definition) is 0. The molecule has 1 aliphatic rings. The smallest absolute Gasteiger partial charge is 1.00 e. The zero-order chi connectivity index (χ0) is 17.3. The minimum atomic E-state index is -1.37. The normalized spacial score (nSPS) is 13.9. The molecule has 1 aliphatic carbocycles. The zero-order valence-electron chi connectivity index (χ0n) is 16.2.